The predicted molar refractivity (Wildman–Crippen MR) is 73.2 cm³/mol. The van der Waals surface area contributed by atoms with Crippen molar-refractivity contribution >= 4 is 5.69 Å². The molecular formula is C14H20N2O3. The fourth-order valence-corrected chi connectivity index (χ4v) is 2.49. The normalized spacial score (nSPS) is 23.2. The summed E-state index contributed by atoms with van der Waals surface area (Å²) in [5, 5.41) is 14.4. The molecule has 5 heteroatoms. The molecule has 104 valence electrons. The van der Waals surface area contributed by atoms with Crippen LogP contribution >= 0.6 is 0 Å². The Morgan fingerprint density at radius 2 is 2.26 bits per heavy atom. The van der Waals surface area contributed by atoms with Crippen LogP contribution in [-0.4, -0.2) is 30.2 Å². The van der Waals surface area contributed by atoms with Crippen molar-refractivity contribution in [1.82, 2.24) is 5.32 Å². The number of benzene rings is 1. The fourth-order valence-electron chi connectivity index (χ4n) is 2.49. The van der Waals surface area contributed by atoms with Crippen molar-refractivity contribution in [1.29, 1.82) is 0 Å². The first-order chi connectivity index (χ1) is 9.16. The molecule has 2 atom stereocenters. The summed E-state index contributed by atoms with van der Waals surface area (Å²) in [4.78, 5) is 10.6. The van der Waals surface area contributed by atoms with Crippen LogP contribution in [0.3, 0.4) is 0 Å². The highest BCUT2D eigenvalue weighted by Crippen LogP contribution is 2.18. The Labute approximate surface area is 113 Å². The van der Waals surface area contributed by atoms with Crippen molar-refractivity contribution in [2.75, 3.05) is 13.2 Å². The molecule has 1 aliphatic heterocycles. The number of hydrogen-bond donors (Lipinski definition) is 1. The smallest absolute Gasteiger partial charge is 0.272 e. The monoisotopic (exact) mass is 264 g/mol. The Hall–Kier alpha value is -1.46. The summed E-state index contributed by atoms with van der Waals surface area (Å²) in [5.74, 6) is 0. The molecule has 2 unspecified atom stereocenters. The van der Waals surface area contributed by atoms with Crippen molar-refractivity contribution in [3.63, 3.8) is 0 Å². The Bertz CT molecular complexity index is 436. The minimum atomic E-state index is -0.314. The summed E-state index contributed by atoms with van der Waals surface area (Å²) in [6, 6.07) is 7.40. The molecule has 1 fully saturated rings. The van der Waals surface area contributed by atoms with Crippen LogP contribution in [0.2, 0.25) is 0 Å². The maximum absolute atomic E-state index is 10.9. The van der Waals surface area contributed by atoms with E-state index in [0.717, 1.165) is 31.6 Å². The Morgan fingerprint density at radius 3 is 3.00 bits per heavy atom. The van der Waals surface area contributed by atoms with Gasteiger partial charge in [0.05, 0.1) is 11.0 Å². The lowest BCUT2D eigenvalue weighted by Crippen LogP contribution is -2.38. The van der Waals surface area contributed by atoms with Gasteiger partial charge in [0.25, 0.3) is 5.69 Å². The van der Waals surface area contributed by atoms with Gasteiger partial charge in [-0.3, -0.25) is 10.1 Å². The van der Waals surface area contributed by atoms with Gasteiger partial charge in [-0.2, -0.15) is 0 Å². The van der Waals surface area contributed by atoms with Crippen LogP contribution in [0.5, 0.6) is 0 Å². The third kappa shape index (κ3) is 4.01. The molecule has 19 heavy (non-hydrogen) atoms. The zero-order chi connectivity index (χ0) is 13.7. The highest BCUT2D eigenvalue weighted by molar-refractivity contribution is 5.39. The van der Waals surface area contributed by atoms with Crippen molar-refractivity contribution in [3.8, 4) is 0 Å². The van der Waals surface area contributed by atoms with Crippen LogP contribution in [-0.2, 0) is 11.2 Å². The Morgan fingerprint density at radius 1 is 1.47 bits per heavy atom. The average molecular weight is 264 g/mol. The van der Waals surface area contributed by atoms with Crippen LogP contribution < -0.4 is 5.32 Å². The van der Waals surface area contributed by atoms with Gasteiger partial charge in [-0.25, -0.2) is 0 Å². The summed E-state index contributed by atoms with van der Waals surface area (Å²) in [5.41, 5.74) is 1.00. The molecule has 1 aromatic rings. The molecule has 0 spiro atoms. The third-order valence-electron chi connectivity index (χ3n) is 3.50. The molecule has 0 saturated carbocycles. The van der Waals surface area contributed by atoms with E-state index < -0.39 is 0 Å². The van der Waals surface area contributed by atoms with Gasteiger partial charge in [0.1, 0.15) is 0 Å². The summed E-state index contributed by atoms with van der Waals surface area (Å²) in [6.07, 6.45) is 3.01. The van der Waals surface area contributed by atoms with Gasteiger partial charge in [-0.05, 0) is 32.7 Å². The van der Waals surface area contributed by atoms with Crippen molar-refractivity contribution in [2.24, 2.45) is 0 Å². The lowest BCUT2D eigenvalue weighted by atomic mass is 10.0. The maximum Gasteiger partial charge on any atom is 0.272 e. The van der Waals surface area contributed by atoms with Gasteiger partial charge in [0.15, 0.2) is 0 Å². The molecule has 0 radical (unpaired) electrons. The van der Waals surface area contributed by atoms with Crippen LogP contribution in [0.25, 0.3) is 0 Å². The molecule has 0 amide bonds. The number of nitrogens with one attached hydrogen (secondary N) is 1. The van der Waals surface area contributed by atoms with Crippen LogP contribution in [0, 0.1) is 10.1 Å². The van der Waals surface area contributed by atoms with Gasteiger partial charge in [0.2, 0.25) is 0 Å². The summed E-state index contributed by atoms with van der Waals surface area (Å²) in [7, 11) is 0. The highest BCUT2D eigenvalue weighted by atomic mass is 16.6. The summed E-state index contributed by atoms with van der Waals surface area (Å²) < 4.78 is 5.49. The van der Waals surface area contributed by atoms with Crippen molar-refractivity contribution in [3.05, 3.63) is 39.9 Å². The lowest BCUT2D eigenvalue weighted by molar-refractivity contribution is -0.385. The van der Waals surface area contributed by atoms with E-state index in [-0.39, 0.29) is 10.6 Å². The minimum absolute atomic E-state index is 0.213. The van der Waals surface area contributed by atoms with E-state index in [9.17, 15) is 10.1 Å². The largest absolute Gasteiger partial charge is 0.378 e. The molecule has 1 heterocycles. The van der Waals surface area contributed by atoms with E-state index in [1.54, 1.807) is 12.1 Å². The molecule has 2 rings (SSSR count). The number of nitro groups is 1. The quantitative estimate of drug-likeness (QED) is 0.654. The van der Waals surface area contributed by atoms with E-state index >= 15 is 0 Å². The van der Waals surface area contributed by atoms with Gasteiger partial charge < -0.3 is 10.1 Å². The van der Waals surface area contributed by atoms with E-state index in [2.05, 4.69) is 12.2 Å². The number of nitro benzene ring substituents is 1. The molecule has 0 aromatic heterocycles. The molecular weight excluding hydrogens is 244 g/mol. The Kier molecular flexibility index (Phi) is 4.87. The average Bonchev–Trinajstić information content (AvgIpc) is 2.39. The molecule has 0 aliphatic carbocycles. The van der Waals surface area contributed by atoms with E-state index in [0.29, 0.717) is 18.6 Å². The molecule has 1 aliphatic rings. The van der Waals surface area contributed by atoms with Crippen molar-refractivity contribution < 1.29 is 9.66 Å². The number of rotatable bonds is 5. The second-order valence-corrected chi connectivity index (χ2v) is 4.99. The number of para-hydroxylation sites is 1. The van der Waals surface area contributed by atoms with E-state index in [4.69, 9.17) is 4.74 Å². The maximum atomic E-state index is 10.9. The zero-order valence-electron chi connectivity index (χ0n) is 11.2. The van der Waals surface area contributed by atoms with Gasteiger partial charge in [-0.15, -0.1) is 0 Å². The standard InChI is InChI=1S/C14H20N2O3/c1-11-10-13(7-9-19-11)15-8-6-12-4-2-3-5-14(12)16(17)18/h2-5,11,13,15H,6-10H2,1H3. The summed E-state index contributed by atoms with van der Waals surface area (Å²) >= 11 is 0. The molecule has 0 bridgehead atoms. The molecule has 5 nitrogen and oxygen atoms in total. The van der Waals surface area contributed by atoms with Gasteiger partial charge in [0, 0.05) is 24.3 Å². The van der Waals surface area contributed by atoms with E-state index in [1.165, 1.54) is 0 Å². The second-order valence-electron chi connectivity index (χ2n) is 4.99. The van der Waals surface area contributed by atoms with Crippen LogP contribution in [0.1, 0.15) is 25.3 Å². The van der Waals surface area contributed by atoms with Crippen LogP contribution in [0.15, 0.2) is 24.3 Å². The van der Waals surface area contributed by atoms with Gasteiger partial charge >= 0.3 is 0 Å². The fraction of sp³-hybridized carbons (Fsp3) is 0.571. The number of hydrogen-bond acceptors (Lipinski definition) is 4. The third-order valence-corrected chi connectivity index (χ3v) is 3.50. The van der Waals surface area contributed by atoms with Crippen molar-refractivity contribution in [2.45, 2.75) is 38.3 Å². The van der Waals surface area contributed by atoms with E-state index in [1.807, 2.05) is 12.1 Å². The second kappa shape index (κ2) is 6.63. The van der Waals surface area contributed by atoms with Gasteiger partial charge in [-0.1, -0.05) is 18.2 Å². The Balaban J connectivity index is 1.84. The number of nitrogens with zero attached hydrogens (tertiary/aromatic N) is 1. The van der Waals surface area contributed by atoms with Crippen LogP contribution in [0.4, 0.5) is 5.69 Å². The minimum Gasteiger partial charge on any atom is -0.378 e. The molecule has 1 saturated heterocycles. The first-order valence-corrected chi connectivity index (χ1v) is 6.74. The first-order valence-electron chi connectivity index (χ1n) is 6.74. The highest BCUT2D eigenvalue weighted by Gasteiger charge is 2.19. The first kappa shape index (κ1) is 14.0. The number of ether oxygens (including phenoxy) is 1. The molecule has 1 N–H and O–H groups in total. The SMILES string of the molecule is CC1CC(NCCc2ccccc2[N+](=O)[O-])CCO1. The zero-order valence-corrected chi connectivity index (χ0v) is 11.2. The lowest BCUT2D eigenvalue weighted by Gasteiger charge is -2.28. The predicted octanol–water partition coefficient (Wildman–Crippen LogP) is 2.29. The molecule has 1 aromatic carbocycles. The topological polar surface area (TPSA) is 64.4 Å². The summed E-state index contributed by atoms with van der Waals surface area (Å²) in [6.45, 7) is 3.64.